The average Bonchev–Trinajstić information content (AvgIpc) is 3.00. The summed E-state index contributed by atoms with van der Waals surface area (Å²) in [6, 6.07) is 6.12. The van der Waals surface area contributed by atoms with Gasteiger partial charge in [-0.05, 0) is 55.2 Å². The molecule has 0 saturated heterocycles. The van der Waals surface area contributed by atoms with E-state index in [0.717, 1.165) is 27.6 Å². The van der Waals surface area contributed by atoms with Crippen molar-refractivity contribution >= 4 is 27.5 Å². The first-order chi connectivity index (χ1) is 8.69. The molecule has 3 heteroatoms. The normalized spacial score (nSPS) is 31.6. The van der Waals surface area contributed by atoms with Crippen LogP contribution in [0.15, 0.2) is 22.7 Å². The monoisotopic (exact) mass is 328 g/mol. The molecule has 2 bridgehead atoms. The molecule has 2 aliphatic rings. The summed E-state index contributed by atoms with van der Waals surface area (Å²) in [5, 5.41) is 0.0905. The molecule has 0 aromatic heterocycles. The van der Waals surface area contributed by atoms with Gasteiger partial charge in [-0.2, -0.15) is 0 Å². The summed E-state index contributed by atoms with van der Waals surface area (Å²) >= 11 is 10.3. The molecule has 3 rings (SSSR count). The highest BCUT2D eigenvalue weighted by molar-refractivity contribution is 9.10. The molecule has 0 aliphatic heterocycles. The lowest BCUT2D eigenvalue weighted by molar-refractivity contribution is 0.317. The summed E-state index contributed by atoms with van der Waals surface area (Å²) in [6.45, 7) is 0. The number of ether oxygens (including phenoxy) is 1. The number of rotatable bonds is 3. The summed E-state index contributed by atoms with van der Waals surface area (Å²) < 4.78 is 6.53. The summed E-state index contributed by atoms with van der Waals surface area (Å²) in [6.07, 6.45) is 5.48. The van der Waals surface area contributed by atoms with Crippen molar-refractivity contribution < 1.29 is 4.74 Å². The third-order valence-electron chi connectivity index (χ3n) is 4.66. The van der Waals surface area contributed by atoms with Crippen LogP contribution in [0.25, 0.3) is 0 Å². The minimum absolute atomic E-state index is 0.0905. The number of hydrogen-bond acceptors (Lipinski definition) is 1. The highest BCUT2D eigenvalue weighted by Crippen LogP contribution is 2.55. The second-order valence-electron chi connectivity index (χ2n) is 5.63. The number of benzene rings is 1. The van der Waals surface area contributed by atoms with Crippen LogP contribution in [0, 0.1) is 17.8 Å². The molecule has 1 aromatic rings. The van der Waals surface area contributed by atoms with E-state index in [9.17, 15) is 0 Å². The molecule has 1 aromatic carbocycles. The Morgan fingerprint density at radius 2 is 2.17 bits per heavy atom. The molecule has 2 aliphatic carbocycles. The average molecular weight is 330 g/mol. The standard InChI is InChI=1S/C15H18BrClO/c1-18-14-5-4-11(16)8-13(14)15(17)12-7-9-2-3-10(12)6-9/h4-5,8-10,12,15H,2-3,6-7H2,1H3. The number of halogens is 2. The minimum atomic E-state index is 0.0905. The first-order valence-electron chi connectivity index (χ1n) is 6.66. The molecular weight excluding hydrogens is 312 g/mol. The van der Waals surface area contributed by atoms with E-state index in [0.29, 0.717) is 5.92 Å². The van der Waals surface area contributed by atoms with Gasteiger partial charge in [-0.1, -0.05) is 22.4 Å². The quantitative estimate of drug-likeness (QED) is 0.695. The predicted octanol–water partition coefficient (Wildman–Crippen LogP) is 5.17. The summed E-state index contributed by atoms with van der Waals surface area (Å²) in [7, 11) is 1.72. The van der Waals surface area contributed by atoms with Crippen LogP contribution in [0.1, 0.15) is 36.6 Å². The van der Waals surface area contributed by atoms with Crippen LogP contribution in [0.2, 0.25) is 0 Å². The predicted molar refractivity (Wildman–Crippen MR) is 78.2 cm³/mol. The molecule has 4 atom stereocenters. The lowest BCUT2D eigenvalue weighted by Crippen LogP contribution is -2.16. The van der Waals surface area contributed by atoms with E-state index in [1.165, 1.54) is 25.7 Å². The molecule has 1 nitrogen and oxygen atoms in total. The van der Waals surface area contributed by atoms with Gasteiger partial charge in [0, 0.05) is 10.0 Å². The van der Waals surface area contributed by atoms with E-state index in [1.807, 2.05) is 12.1 Å². The van der Waals surface area contributed by atoms with Gasteiger partial charge in [-0.25, -0.2) is 0 Å². The largest absolute Gasteiger partial charge is 0.496 e. The molecule has 2 fully saturated rings. The van der Waals surface area contributed by atoms with Gasteiger partial charge in [0.1, 0.15) is 5.75 Å². The van der Waals surface area contributed by atoms with Crippen LogP contribution in [-0.4, -0.2) is 7.11 Å². The van der Waals surface area contributed by atoms with Gasteiger partial charge in [0.2, 0.25) is 0 Å². The zero-order valence-electron chi connectivity index (χ0n) is 10.5. The maximum Gasteiger partial charge on any atom is 0.123 e. The van der Waals surface area contributed by atoms with Crippen molar-refractivity contribution in [2.75, 3.05) is 7.11 Å². The third-order valence-corrected chi connectivity index (χ3v) is 5.71. The second-order valence-corrected chi connectivity index (χ2v) is 7.01. The Kier molecular flexibility index (Phi) is 3.59. The Bertz CT molecular complexity index is 448. The molecule has 0 heterocycles. The summed E-state index contributed by atoms with van der Waals surface area (Å²) in [5.41, 5.74) is 1.14. The number of hydrogen-bond donors (Lipinski definition) is 0. The molecule has 2 saturated carbocycles. The molecule has 0 spiro atoms. The van der Waals surface area contributed by atoms with Crippen LogP contribution in [0.4, 0.5) is 0 Å². The zero-order chi connectivity index (χ0) is 12.7. The number of alkyl halides is 1. The Balaban J connectivity index is 1.87. The smallest absolute Gasteiger partial charge is 0.123 e. The van der Waals surface area contributed by atoms with Crippen molar-refractivity contribution in [3.63, 3.8) is 0 Å². The van der Waals surface area contributed by atoms with Crippen LogP contribution >= 0.6 is 27.5 Å². The van der Waals surface area contributed by atoms with E-state index in [-0.39, 0.29) is 5.38 Å². The van der Waals surface area contributed by atoms with Crippen LogP contribution in [-0.2, 0) is 0 Å². The van der Waals surface area contributed by atoms with Crippen molar-refractivity contribution in [3.8, 4) is 5.75 Å². The van der Waals surface area contributed by atoms with Crippen molar-refractivity contribution in [2.24, 2.45) is 17.8 Å². The fourth-order valence-electron chi connectivity index (χ4n) is 3.80. The van der Waals surface area contributed by atoms with Crippen molar-refractivity contribution in [1.29, 1.82) is 0 Å². The van der Waals surface area contributed by atoms with Crippen LogP contribution in [0.3, 0.4) is 0 Å². The molecule has 0 N–H and O–H groups in total. The van der Waals surface area contributed by atoms with Crippen LogP contribution in [0.5, 0.6) is 5.75 Å². The van der Waals surface area contributed by atoms with E-state index in [1.54, 1.807) is 7.11 Å². The van der Waals surface area contributed by atoms with Gasteiger partial charge in [-0.3, -0.25) is 0 Å². The highest BCUT2D eigenvalue weighted by atomic mass is 79.9. The molecule has 18 heavy (non-hydrogen) atoms. The SMILES string of the molecule is COc1ccc(Br)cc1C(Cl)C1CC2CCC1C2. The summed E-state index contributed by atoms with van der Waals surface area (Å²) in [5.74, 6) is 3.31. The van der Waals surface area contributed by atoms with Crippen molar-refractivity contribution in [2.45, 2.75) is 31.1 Å². The van der Waals surface area contributed by atoms with E-state index in [4.69, 9.17) is 16.3 Å². The highest BCUT2D eigenvalue weighted by Gasteiger charge is 2.43. The fraction of sp³-hybridized carbons (Fsp3) is 0.600. The van der Waals surface area contributed by atoms with Gasteiger partial charge in [0.15, 0.2) is 0 Å². The topological polar surface area (TPSA) is 9.23 Å². The van der Waals surface area contributed by atoms with Gasteiger partial charge in [0.25, 0.3) is 0 Å². The second kappa shape index (κ2) is 5.05. The van der Waals surface area contributed by atoms with Crippen molar-refractivity contribution in [1.82, 2.24) is 0 Å². The first kappa shape index (κ1) is 12.8. The van der Waals surface area contributed by atoms with E-state index < -0.39 is 0 Å². The lowest BCUT2D eigenvalue weighted by atomic mass is 9.83. The Morgan fingerprint density at radius 3 is 2.78 bits per heavy atom. The Hall–Kier alpha value is -0.210. The van der Waals surface area contributed by atoms with Gasteiger partial charge in [-0.15, -0.1) is 11.6 Å². The maximum atomic E-state index is 6.76. The van der Waals surface area contributed by atoms with Crippen molar-refractivity contribution in [3.05, 3.63) is 28.2 Å². The number of methoxy groups -OCH3 is 1. The van der Waals surface area contributed by atoms with Gasteiger partial charge in [0.05, 0.1) is 12.5 Å². The van der Waals surface area contributed by atoms with Crippen LogP contribution < -0.4 is 4.74 Å². The lowest BCUT2D eigenvalue weighted by Gasteiger charge is -2.27. The third kappa shape index (κ3) is 2.18. The minimum Gasteiger partial charge on any atom is -0.496 e. The zero-order valence-corrected chi connectivity index (χ0v) is 12.9. The molecular formula is C15H18BrClO. The van der Waals surface area contributed by atoms with Gasteiger partial charge >= 0.3 is 0 Å². The summed E-state index contributed by atoms with van der Waals surface area (Å²) in [4.78, 5) is 0. The molecule has 0 radical (unpaired) electrons. The van der Waals surface area contributed by atoms with Gasteiger partial charge < -0.3 is 4.74 Å². The maximum absolute atomic E-state index is 6.76. The molecule has 4 unspecified atom stereocenters. The molecule has 98 valence electrons. The Labute approximate surface area is 122 Å². The van der Waals surface area contributed by atoms with E-state index in [2.05, 4.69) is 22.0 Å². The van der Waals surface area contributed by atoms with E-state index >= 15 is 0 Å². The number of fused-ring (bicyclic) bond motifs is 2. The fourth-order valence-corrected chi connectivity index (χ4v) is 4.66. The first-order valence-corrected chi connectivity index (χ1v) is 7.89. The Morgan fingerprint density at radius 1 is 1.33 bits per heavy atom. The molecule has 0 amide bonds.